The van der Waals surface area contributed by atoms with E-state index in [-0.39, 0.29) is 5.91 Å². The van der Waals surface area contributed by atoms with Crippen LogP contribution < -0.4 is 14.8 Å². The Kier molecular flexibility index (Phi) is 6.82. The van der Waals surface area contributed by atoms with E-state index in [1.54, 1.807) is 39.3 Å². The fourth-order valence-corrected chi connectivity index (χ4v) is 2.38. The summed E-state index contributed by atoms with van der Waals surface area (Å²) in [4.78, 5) is 12.5. The van der Waals surface area contributed by atoms with E-state index >= 15 is 0 Å². The van der Waals surface area contributed by atoms with Crippen LogP contribution in [0.3, 0.4) is 0 Å². The highest BCUT2D eigenvalue weighted by Crippen LogP contribution is 2.32. The normalized spacial score (nSPS) is 10.6. The van der Waals surface area contributed by atoms with Crippen molar-refractivity contribution in [3.8, 4) is 22.8 Å². The molecule has 7 nitrogen and oxygen atoms in total. The second kappa shape index (κ2) is 9.08. The smallest absolute Gasteiger partial charge is 0.257 e. The van der Waals surface area contributed by atoms with E-state index in [1.165, 1.54) is 0 Å². The van der Waals surface area contributed by atoms with E-state index in [0.29, 0.717) is 53.8 Å². The van der Waals surface area contributed by atoms with E-state index < -0.39 is 0 Å². The molecule has 136 valence electrons. The summed E-state index contributed by atoms with van der Waals surface area (Å²) in [7, 11) is 3.13. The van der Waals surface area contributed by atoms with Crippen molar-refractivity contribution in [1.29, 1.82) is 0 Å². The molecule has 0 bridgehead atoms. The first kappa shape index (κ1) is 18.8. The van der Waals surface area contributed by atoms with Gasteiger partial charge in [0.1, 0.15) is 17.1 Å². The van der Waals surface area contributed by atoms with Crippen molar-refractivity contribution >= 4 is 5.91 Å². The Morgan fingerprint density at radius 1 is 1.20 bits per heavy atom. The molecule has 0 radical (unpaired) electrons. The molecule has 0 aliphatic heterocycles. The molecular formula is C18H24N2O5. The van der Waals surface area contributed by atoms with Crippen LogP contribution >= 0.6 is 0 Å². The lowest BCUT2D eigenvalue weighted by Gasteiger charge is -2.09. The quantitative estimate of drug-likeness (QED) is 0.702. The van der Waals surface area contributed by atoms with E-state index in [0.717, 1.165) is 6.42 Å². The minimum Gasteiger partial charge on any atom is -0.497 e. The minimum atomic E-state index is -0.230. The van der Waals surface area contributed by atoms with Gasteiger partial charge in [0.25, 0.3) is 5.91 Å². The summed E-state index contributed by atoms with van der Waals surface area (Å²) in [5.74, 6) is 1.36. The Balaban J connectivity index is 2.22. The molecule has 2 rings (SSSR count). The predicted octanol–water partition coefficient (Wildman–Crippen LogP) is 2.82. The van der Waals surface area contributed by atoms with Crippen LogP contribution in [0, 0.1) is 6.92 Å². The zero-order chi connectivity index (χ0) is 18.2. The van der Waals surface area contributed by atoms with Crippen LogP contribution in [0.4, 0.5) is 0 Å². The first-order chi connectivity index (χ1) is 12.1. The van der Waals surface area contributed by atoms with Crippen molar-refractivity contribution in [2.75, 3.05) is 34.0 Å². The van der Waals surface area contributed by atoms with Crippen LogP contribution in [0.15, 0.2) is 22.7 Å². The second-order valence-electron chi connectivity index (χ2n) is 5.38. The van der Waals surface area contributed by atoms with Crippen molar-refractivity contribution in [3.63, 3.8) is 0 Å². The fourth-order valence-electron chi connectivity index (χ4n) is 2.38. The van der Waals surface area contributed by atoms with E-state index in [9.17, 15) is 4.79 Å². The lowest BCUT2D eigenvalue weighted by molar-refractivity contribution is 0.0944. The summed E-state index contributed by atoms with van der Waals surface area (Å²) in [5, 5.41) is 6.81. The highest BCUT2D eigenvalue weighted by atomic mass is 16.5. The number of aryl methyl sites for hydroxylation is 1. The molecule has 0 spiro atoms. The largest absolute Gasteiger partial charge is 0.497 e. The molecule has 0 saturated carbocycles. The Hall–Kier alpha value is -2.54. The van der Waals surface area contributed by atoms with Crippen LogP contribution in [0.1, 0.15) is 29.4 Å². The van der Waals surface area contributed by atoms with Gasteiger partial charge in [0.15, 0.2) is 5.76 Å². The monoisotopic (exact) mass is 348 g/mol. The molecule has 0 atom stereocenters. The van der Waals surface area contributed by atoms with Gasteiger partial charge in [-0.3, -0.25) is 4.79 Å². The van der Waals surface area contributed by atoms with Gasteiger partial charge < -0.3 is 24.1 Å². The van der Waals surface area contributed by atoms with E-state index in [4.69, 9.17) is 18.7 Å². The molecule has 0 aliphatic carbocycles. The van der Waals surface area contributed by atoms with Crippen LogP contribution in [0.25, 0.3) is 11.3 Å². The highest BCUT2D eigenvalue weighted by Gasteiger charge is 2.22. The summed E-state index contributed by atoms with van der Waals surface area (Å²) < 4.78 is 21.2. The zero-order valence-electron chi connectivity index (χ0n) is 15.0. The van der Waals surface area contributed by atoms with Gasteiger partial charge in [-0.15, -0.1) is 0 Å². The average molecular weight is 348 g/mol. The van der Waals surface area contributed by atoms with Gasteiger partial charge in [-0.25, -0.2) is 0 Å². The van der Waals surface area contributed by atoms with Gasteiger partial charge in [-0.1, -0.05) is 5.16 Å². The summed E-state index contributed by atoms with van der Waals surface area (Å²) in [5.41, 5.74) is 1.60. The number of nitrogens with zero attached hydrogens (tertiary/aromatic N) is 1. The number of hydrogen-bond donors (Lipinski definition) is 1. The fraction of sp³-hybridized carbons (Fsp3) is 0.444. The van der Waals surface area contributed by atoms with E-state index in [2.05, 4.69) is 10.5 Å². The molecule has 25 heavy (non-hydrogen) atoms. The topological polar surface area (TPSA) is 82.8 Å². The number of carbonyl (C=O) groups excluding carboxylic acids is 1. The van der Waals surface area contributed by atoms with Gasteiger partial charge in [0.2, 0.25) is 0 Å². The third-order valence-electron chi connectivity index (χ3n) is 3.66. The van der Waals surface area contributed by atoms with Crippen LogP contribution in [0.2, 0.25) is 0 Å². The summed E-state index contributed by atoms with van der Waals surface area (Å²) in [6.45, 7) is 5.47. The zero-order valence-corrected chi connectivity index (χ0v) is 15.0. The number of methoxy groups -OCH3 is 2. The number of nitrogens with one attached hydrogen (secondary N) is 1. The van der Waals surface area contributed by atoms with Gasteiger partial charge in [0, 0.05) is 31.4 Å². The molecule has 0 saturated heterocycles. The number of rotatable bonds is 9. The molecular weight excluding hydrogens is 324 g/mol. The maximum Gasteiger partial charge on any atom is 0.257 e. The molecule has 0 fully saturated rings. The maximum absolute atomic E-state index is 12.5. The molecule has 0 aliphatic rings. The number of carbonyl (C=O) groups is 1. The minimum absolute atomic E-state index is 0.230. The van der Waals surface area contributed by atoms with Crippen LogP contribution in [0.5, 0.6) is 11.5 Å². The molecule has 1 aromatic carbocycles. The SMILES string of the molecule is CCOCCCNC(=O)c1c(C)noc1-c1cc(OC)cc(OC)c1. The van der Waals surface area contributed by atoms with Crippen LogP contribution in [-0.4, -0.2) is 45.0 Å². The number of amides is 1. The third kappa shape index (κ3) is 4.73. The Morgan fingerprint density at radius 3 is 2.48 bits per heavy atom. The Morgan fingerprint density at radius 2 is 1.88 bits per heavy atom. The Labute approximate surface area is 147 Å². The first-order valence-electron chi connectivity index (χ1n) is 8.16. The lowest BCUT2D eigenvalue weighted by atomic mass is 10.1. The number of hydrogen-bond acceptors (Lipinski definition) is 6. The molecule has 1 amide bonds. The average Bonchev–Trinajstić information content (AvgIpc) is 3.02. The molecule has 0 unspecified atom stereocenters. The van der Waals surface area contributed by atoms with Gasteiger partial charge in [0.05, 0.1) is 19.9 Å². The number of aromatic nitrogens is 1. The lowest BCUT2D eigenvalue weighted by Crippen LogP contribution is -2.26. The van der Waals surface area contributed by atoms with Crippen molar-refractivity contribution in [2.24, 2.45) is 0 Å². The van der Waals surface area contributed by atoms with Gasteiger partial charge in [-0.05, 0) is 32.4 Å². The van der Waals surface area contributed by atoms with E-state index in [1.807, 2.05) is 6.92 Å². The Bertz CT molecular complexity index is 689. The molecule has 1 heterocycles. The highest BCUT2D eigenvalue weighted by molar-refractivity contribution is 6.00. The summed E-state index contributed by atoms with van der Waals surface area (Å²) >= 11 is 0. The second-order valence-corrected chi connectivity index (χ2v) is 5.38. The van der Waals surface area contributed by atoms with Gasteiger partial charge >= 0.3 is 0 Å². The molecule has 2 aromatic rings. The van der Waals surface area contributed by atoms with Crippen molar-refractivity contribution in [3.05, 3.63) is 29.5 Å². The standard InChI is InChI=1S/C18H24N2O5/c1-5-24-8-6-7-19-18(21)16-12(2)20-25-17(16)13-9-14(22-3)11-15(10-13)23-4/h9-11H,5-8H2,1-4H3,(H,19,21). The summed E-state index contributed by atoms with van der Waals surface area (Å²) in [6.07, 6.45) is 0.742. The van der Waals surface area contributed by atoms with Crippen molar-refractivity contribution in [2.45, 2.75) is 20.3 Å². The van der Waals surface area contributed by atoms with Crippen molar-refractivity contribution in [1.82, 2.24) is 10.5 Å². The molecule has 1 N–H and O–H groups in total. The third-order valence-corrected chi connectivity index (χ3v) is 3.66. The number of ether oxygens (including phenoxy) is 3. The molecule has 7 heteroatoms. The maximum atomic E-state index is 12.5. The first-order valence-corrected chi connectivity index (χ1v) is 8.16. The number of benzene rings is 1. The van der Waals surface area contributed by atoms with Gasteiger partial charge in [-0.2, -0.15) is 0 Å². The van der Waals surface area contributed by atoms with Crippen molar-refractivity contribution < 1.29 is 23.5 Å². The predicted molar refractivity (Wildman–Crippen MR) is 93.2 cm³/mol. The summed E-state index contributed by atoms with van der Waals surface area (Å²) in [6, 6.07) is 5.29. The molecule has 1 aromatic heterocycles. The van der Waals surface area contributed by atoms with Crippen LogP contribution in [-0.2, 0) is 4.74 Å².